The van der Waals surface area contributed by atoms with Gasteiger partial charge in [0.1, 0.15) is 12.8 Å². The Hall–Kier alpha value is -4.59. The minimum absolute atomic E-state index is 0.532. The van der Waals surface area contributed by atoms with E-state index in [-0.39, 0.29) is 0 Å². The van der Waals surface area contributed by atoms with Crippen molar-refractivity contribution in [2.75, 3.05) is 14.2 Å². The van der Waals surface area contributed by atoms with Crippen LogP contribution in [0.1, 0.15) is 35.4 Å². The van der Waals surface area contributed by atoms with Crippen molar-refractivity contribution in [2.45, 2.75) is 13.3 Å². The average Bonchev–Trinajstić information content (AvgIpc) is 3.67. The maximum Gasteiger partial charge on any atom is 0.239 e. The molecule has 0 fully saturated rings. The highest BCUT2D eigenvalue weighted by atomic mass is 16.6. The molecule has 6 rings (SSSR count). The molecule has 2 aliphatic heterocycles. The molecular weight excluding hydrogens is 440 g/mol. The summed E-state index contributed by atoms with van der Waals surface area (Å²) < 4.78 is 7.28. The maximum atomic E-state index is 5.75. The van der Waals surface area contributed by atoms with Crippen molar-refractivity contribution < 1.29 is 9.57 Å². The second kappa shape index (κ2) is 8.32. The van der Waals surface area contributed by atoms with Gasteiger partial charge in [-0.3, -0.25) is 0 Å². The smallest absolute Gasteiger partial charge is 0.239 e. The molecule has 8 nitrogen and oxygen atoms in total. The van der Waals surface area contributed by atoms with Gasteiger partial charge in [-0.2, -0.15) is 9.71 Å². The lowest BCUT2D eigenvalue weighted by molar-refractivity contribution is 0.162. The van der Waals surface area contributed by atoms with E-state index in [1.807, 2.05) is 73.7 Å². The number of imidazole rings is 1. The van der Waals surface area contributed by atoms with Crippen LogP contribution in [0, 0.1) is 0 Å². The van der Waals surface area contributed by atoms with Crippen LogP contribution in [0.4, 0.5) is 0 Å². The average molecular weight is 465 g/mol. The zero-order valence-corrected chi connectivity index (χ0v) is 19.7. The zero-order chi connectivity index (χ0) is 23.9. The zero-order valence-electron chi connectivity index (χ0n) is 19.7. The van der Waals surface area contributed by atoms with Gasteiger partial charge < -0.3 is 19.5 Å². The molecule has 4 aromatic rings. The third-order valence-corrected chi connectivity index (χ3v) is 6.05. The van der Waals surface area contributed by atoms with Crippen molar-refractivity contribution in [1.82, 2.24) is 29.7 Å². The van der Waals surface area contributed by atoms with E-state index in [1.54, 1.807) is 19.0 Å². The highest BCUT2D eigenvalue weighted by molar-refractivity contribution is 5.89. The second-order valence-electron chi connectivity index (χ2n) is 8.28. The van der Waals surface area contributed by atoms with Gasteiger partial charge in [0.05, 0.1) is 41.0 Å². The molecule has 8 bridgehead atoms. The number of aromatic nitrogens is 6. The number of rotatable bonds is 4. The first-order valence-corrected chi connectivity index (χ1v) is 11.4. The molecule has 0 amide bonds. The topological polar surface area (TPSA) is 93.6 Å². The Bertz CT molecular complexity index is 1670. The molecule has 174 valence electrons. The number of ether oxygens (including phenoxy) is 1. The van der Waals surface area contributed by atoms with Crippen LogP contribution in [0.25, 0.3) is 57.8 Å². The van der Waals surface area contributed by atoms with E-state index < -0.39 is 0 Å². The lowest BCUT2D eigenvalue weighted by Crippen LogP contribution is -2.11. The van der Waals surface area contributed by atoms with Crippen molar-refractivity contribution in [2.24, 2.45) is 0 Å². The molecule has 0 aromatic carbocycles. The molecule has 0 radical (unpaired) electrons. The summed E-state index contributed by atoms with van der Waals surface area (Å²) in [5.74, 6) is 1.15. The van der Waals surface area contributed by atoms with Crippen LogP contribution in [-0.4, -0.2) is 43.9 Å². The predicted molar refractivity (Wildman–Crippen MR) is 139 cm³/mol. The summed E-state index contributed by atoms with van der Waals surface area (Å²) in [5, 5.41) is 0. The van der Waals surface area contributed by atoms with Gasteiger partial charge in [-0.25, -0.2) is 9.97 Å². The molecular formula is C27H24N6O2. The number of nitrogens with one attached hydrogen (secondary N) is 2. The SMILES string of the molecule is CCc1c(OC)nc(-c2c3nc(cc4ccc(cc5nc(cc6ccc2[nH]6)C=C5)[nH]4)C=C3)n1OC. The van der Waals surface area contributed by atoms with Crippen LogP contribution in [0.15, 0.2) is 42.5 Å². The number of H-pyrrole nitrogens is 2. The largest absolute Gasteiger partial charge is 0.480 e. The van der Waals surface area contributed by atoms with Crippen LogP contribution in [0.5, 0.6) is 5.88 Å². The Morgan fingerprint density at radius 2 is 1.40 bits per heavy atom. The Morgan fingerprint density at radius 1 is 0.771 bits per heavy atom. The van der Waals surface area contributed by atoms with E-state index in [0.29, 0.717) is 18.1 Å². The van der Waals surface area contributed by atoms with Crippen molar-refractivity contribution in [1.29, 1.82) is 0 Å². The number of methoxy groups -OCH3 is 1. The summed E-state index contributed by atoms with van der Waals surface area (Å²) in [6.07, 6.45) is 8.71. The van der Waals surface area contributed by atoms with Gasteiger partial charge in [0.25, 0.3) is 0 Å². The van der Waals surface area contributed by atoms with E-state index in [2.05, 4.69) is 9.97 Å². The van der Waals surface area contributed by atoms with E-state index in [9.17, 15) is 0 Å². The molecule has 35 heavy (non-hydrogen) atoms. The highest BCUT2D eigenvalue weighted by Crippen LogP contribution is 2.33. The van der Waals surface area contributed by atoms with Crippen molar-refractivity contribution in [3.8, 4) is 17.3 Å². The lowest BCUT2D eigenvalue weighted by atomic mass is 10.2. The normalized spacial score (nSPS) is 12.3. The Balaban J connectivity index is 1.72. The van der Waals surface area contributed by atoms with Crippen LogP contribution in [0.3, 0.4) is 0 Å². The van der Waals surface area contributed by atoms with Gasteiger partial charge in [-0.15, -0.1) is 0 Å². The van der Waals surface area contributed by atoms with Gasteiger partial charge in [0, 0.05) is 16.6 Å². The van der Waals surface area contributed by atoms with E-state index in [4.69, 9.17) is 24.5 Å². The number of aromatic amines is 2. The van der Waals surface area contributed by atoms with Gasteiger partial charge >= 0.3 is 0 Å². The summed E-state index contributed by atoms with van der Waals surface area (Å²) in [6, 6.07) is 14.2. The Labute approximate surface area is 201 Å². The second-order valence-corrected chi connectivity index (χ2v) is 8.28. The number of hydrogen-bond donors (Lipinski definition) is 2. The molecule has 0 atom stereocenters. The Morgan fingerprint density at radius 3 is 2.06 bits per heavy atom. The molecule has 2 N–H and O–H groups in total. The van der Waals surface area contributed by atoms with E-state index in [0.717, 1.165) is 56.1 Å². The molecule has 6 heterocycles. The minimum Gasteiger partial charge on any atom is -0.480 e. The Kier molecular flexibility index (Phi) is 4.99. The minimum atomic E-state index is 0.532. The molecule has 0 unspecified atom stereocenters. The van der Waals surface area contributed by atoms with Gasteiger partial charge in [-0.1, -0.05) is 6.92 Å². The molecule has 8 heteroatoms. The van der Waals surface area contributed by atoms with Gasteiger partial charge in [-0.05, 0) is 73.2 Å². The number of nitrogens with zero attached hydrogens (tertiary/aromatic N) is 4. The summed E-state index contributed by atoms with van der Waals surface area (Å²) in [6.45, 7) is 2.04. The lowest BCUT2D eigenvalue weighted by Gasteiger charge is -2.09. The maximum absolute atomic E-state index is 5.75. The summed E-state index contributed by atoms with van der Waals surface area (Å²) in [7, 11) is 3.25. The van der Waals surface area contributed by atoms with Crippen LogP contribution in [-0.2, 0) is 6.42 Å². The highest BCUT2D eigenvalue weighted by Gasteiger charge is 2.23. The third-order valence-electron chi connectivity index (χ3n) is 6.05. The summed E-state index contributed by atoms with van der Waals surface area (Å²) in [4.78, 5) is 27.1. The fourth-order valence-corrected chi connectivity index (χ4v) is 4.48. The molecule has 0 saturated carbocycles. The standard InChI is InChI=1S/C27H24N6O2/c1-4-24-27(34-2)32-26(33(24)35-3)25-22-11-9-20(30-22)14-18-7-5-16(28-18)13-17-6-8-19(29-17)15-21-10-12-23(25)31-21/h5-15,28,31H,4H2,1-3H3. The van der Waals surface area contributed by atoms with Gasteiger partial charge in [0.15, 0.2) is 5.82 Å². The number of hydrogen-bond acceptors (Lipinski definition) is 5. The van der Waals surface area contributed by atoms with Crippen LogP contribution >= 0.6 is 0 Å². The van der Waals surface area contributed by atoms with Crippen molar-refractivity contribution in [3.05, 3.63) is 70.9 Å². The van der Waals surface area contributed by atoms with Crippen LogP contribution < -0.4 is 9.57 Å². The third kappa shape index (κ3) is 3.69. The molecule has 0 spiro atoms. The number of fused-ring (bicyclic) bond motifs is 8. The first kappa shape index (κ1) is 21.0. The van der Waals surface area contributed by atoms with Gasteiger partial charge in [0.2, 0.25) is 5.88 Å². The first-order chi connectivity index (χ1) is 17.1. The van der Waals surface area contributed by atoms with Crippen molar-refractivity contribution in [3.63, 3.8) is 0 Å². The first-order valence-electron chi connectivity index (χ1n) is 11.4. The summed E-state index contributed by atoms with van der Waals surface area (Å²) in [5.41, 5.74) is 8.78. The molecule has 4 aromatic heterocycles. The van der Waals surface area contributed by atoms with Crippen molar-refractivity contribution >= 4 is 46.4 Å². The molecule has 0 saturated heterocycles. The summed E-state index contributed by atoms with van der Waals surface area (Å²) >= 11 is 0. The van der Waals surface area contributed by atoms with Crippen LogP contribution in [0.2, 0.25) is 0 Å². The quantitative estimate of drug-likeness (QED) is 0.376. The fourth-order valence-electron chi connectivity index (χ4n) is 4.48. The van der Waals surface area contributed by atoms with E-state index in [1.165, 1.54) is 0 Å². The fraction of sp³-hybridized carbons (Fsp3) is 0.148. The monoisotopic (exact) mass is 464 g/mol. The molecule has 2 aliphatic rings. The molecule has 0 aliphatic carbocycles. The predicted octanol–water partition coefficient (Wildman–Crippen LogP) is 5.15. The van der Waals surface area contributed by atoms with E-state index >= 15 is 0 Å².